The number of hydrogen-bond acceptors (Lipinski definition) is 6. The van der Waals surface area contributed by atoms with Crippen molar-refractivity contribution in [2.75, 3.05) is 29.1 Å². The maximum Gasteiger partial charge on any atom is 0.243 e. The van der Waals surface area contributed by atoms with Crippen LogP contribution in [0, 0.1) is 0 Å². The molecule has 17 heavy (non-hydrogen) atoms. The maximum absolute atomic E-state index is 11.5. The zero-order valence-electron chi connectivity index (χ0n) is 9.97. The lowest BCUT2D eigenvalue weighted by Gasteiger charge is -2.22. The molecule has 1 fully saturated rings. The first-order valence-corrected chi connectivity index (χ1v) is 7.36. The number of nitrogen functional groups attached to an aromatic ring is 1. The van der Waals surface area contributed by atoms with Crippen LogP contribution in [-0.4, -0.2) is 41.2 Å². The highest BCUT2D eigenvalue weighted by Gasteiger charge is 2.42. The summed E-state index contributed by atoms with van der Waals surface area (Å²) in [5.74, 6) is 0.939. The van der Waals surface area contributed by atoms with Gasteiger partial charge in [0.2, 0.25) is 11.9 Å². The summed E-state index contributed by atoms with van der Waals surface area (Å²) < 4.78 is 24.6. The first-order valence-electron chi connectivity index (χ1n) is 5.54. The molecule has 7 nitrogen and oxygen atoms in total. The summed E-state index contributed by atoms with van der Waals surface area (Å²) in [6.07, 6.45) is 0.522. The molecular formula is C9H17N5O2S. The van der Waals surface area contributed by atoms with E-state index >= 15 is 0 Å². The number of aromatic nitrogens is 3. The highest BCUT2D eigenvalue weighted by Crippen LogP contribution is 2.31. The normalized spacial score (nSPS) is 27.2. The molecule has 0 saturated carbocycles. The molecule has 0 radical (unpaired) electrons. The third-order valence-corrected chi connectivity index (χ3v) is 4.85. The topological polar surface area (TPSA) is 103 Å². The minimum absolute atomic E-state index is 0.0686. The lowest BCUT2D eigenvalue weighted by atomic mass is 10.0. The van der Waals surface area contributed by atoms with Crippen LogP contribution in [0.2, 0.25) is 0 Å². The van der Waals surface area contributed by atoms with Gasteiger partial charge in [0.15, 0.2) is 9.84 Å². The van der Waals surface area contributed by atoms with E-state index in [2.05, 4.69) is 15.4 Å². The van der Waals surface area contributed by atoms with Crippen molar-refractivity contribution in [2.24, 2.45) is 0 Å². The molecule has 96 valence electrons. The van der Waals surface area contributed by atoms with Crippen LogP contribution in [0.5, 0.6) is 0 Å². The Morgan fingerprint density at radius 1 is 1.59 bits per heavy atom. The molecule has 1 aliphatic heterocycles. The molecule has 0 amide bonds. The van der Waals surface area contributed by atoms with Crippen molar-refractivity contribution in [3.8, 4) is 0 Å². The number of anilines is 2. The van der Waals surface area contributed by atoms with Gasteiger partial charge in [-0.3, -0.25) is 0 Å². The predicted octanol–water partition coefficient (Wildman–Crippen LogP) is -0.174. The molecule has 0 spiro atoms. The van der Waals surface area contributed by atoms with Gasteiger partial charge in [0.1, 0.15) is 0 Å². The molecule has 3 N–H and O–H groups in total. The number of nitrogens with one attached hydrogen (secondary N) is 1. The summed E-state index contributed by atoms with van der Waals surface area (Å²) >= 11 is 0. The molecule has 2 heterocycles. The standard InChI is InChI=1S/C9H17N5O2S/c1-3-11-8-12-7(10)14(13-8)9(2)4-5-17(15,16)6-9/h3-6H2,1-2H3,(H3,10,11,12,13). The van der Waals surface area contributed by atoms with Crippen LogP contribution >= 0.6 is 0 Å². The van der Waals surface area contributed by atoms with E-state index < -0.39 is 15.4 Å². The van der Waals surface area contributed by atoms with Crippen LogP contribution in [0.4, 0.5) is 11.9 Å². The van der Waals surface area contributed by atoms with Crippen molar-refractivity contribution in [1.29, 1.82) is 0 Å². The van der Waals surface area contributed by atoms with Crippen LogP contribution in [0.3, 0.4) is 0 Å². The fraction of sp³-hybridized carbons (Fsp3) is 0.778. The molecule has 0 aromatic carbocycles. The third kappa shape index (κ3) is 2.21. The van der Waals surface area contributed by atoms with E-state index in [0.717, 1.165) is 0 Å². The summed E-state index contributed by atoms with van der Waals surface area (Å²) in [6.45, 7) is 4.47. The summed E-state index contributed by atoms with van der Waals surface area (Å²) in [6, 6.07) is 0. The van der Waals surface area contributed by atoms with Gasteiger partial charge < -0.3 is 11.1 Å². The van der Waals surface area contributed by atoms with Gasteiger partial charge in [-0.15, -0.1) is 5.10 Å². The zero-order valence-corrected chi connectivity index (χ0v) is 10.8. The largest absolute Gasteiger partial charge is 0.368 e. The Bertz CT molecular complexity index is 523. The highest BCUT2D eigenvalue weighted by molar-refractivity contribution is 7.91. The lowest BCUT2D eigenvalue weighted by molar-refractivity contribution is 0.334. The van der Waals surface area contributed by atoms with Crippen LogP contribution in [0.25, 0.3) is 0 Å². The van der Waals surface area contributed by atoms with Crippen LogP contribution in [0.1, 0.15) is 20.3 Å². The molecular weight excluding hydrogens is 242 g/mol. The second-order valence-corrected chi connectivity index (χ2v) is 6.76. The average molecular weight is 259 g/mol. The highest BCUT2D eigenvalue weighted by atomic mass is 32.2. The molecule has 0 aliphatic carbocycles. The second kappa shape index (κ2) is 3.86. The second-order valence-electron chi connectivity index (χ2n) is 4.57. The minimum Gasteiger partial charge on any atom is -0.368 e. The minimum atomic E-state index is -2.99. The summed E-state index contributed by atoms with van der Waals surface area (Å²) in [5.41, 5.74) is 5.20. The third-order valence-electron chi connectivity index (χ3n) is 2.96. The van der Waals surface area contributed by atoms with E-state index in [-0.39, 0.29) is 17.5 Å². The molecule has 1 aromatic rings. The monoisotopic (exact) mass is 259 g/mol. The summed E-state index contributed by atoms with van der Waals surface area (Å²) in [7, 11) is -2.99. The van der Waals surface area contributed by atoms with Gasteiger partial charge in [-0.1, -0.05) is 0 Å². The van der Waals surface area contributed by atoms with Crippen molar-refractivity contribution >= 4 is 21.7 Å². The van der Waals surface area contributed by atoms with Gasteiger partial charge in [-0.2, -0.15) is 4.98 Å². The maximum atomic E-state index is 11.5. The molecule has 1 saturated heterocycles. The Kier molecular flexibility index (Phi) is 2.76. The van der Waals surface area contributed by atoms with Crippen LogP contribution in [0.15, 0.2) is 0 Å². The van der Waals surface area contributed by atoms with Gasteiger partial charge in [0, 0.05) is 6.54 Å². The smallest absolute Gasteiger partial charge is 0.243 e. The van der Waals surface area contributed by atoms with Crippen molar-refractivity contribution in [2.45, 2.75) is 25.8 Å². The zero-order chi connectivity index (χ0) is 12.7. The van der Waals surface area contributed by atoms with E-state index in [4.69, 9.17) is 5.73 Å². The Labute approximate surface area is 100 Å². The van der Waals surface area contributed by atoms with Gasteiger partial charge in [0.25, 0.3) is 0 Å². The Morgan fingerprint density at radius 2 is 2.29 bits per heavy atom. The number of nitrogens with two attached hydrogens (primary N) is 1. The number of rotatable bonds is 3. The fourth-order valence-corrected chi connectivity index (χ4v) is 4.22. The van der Waals surface area contributed by atoms with Crippen molar-refractivity contribution in [1.82, 2.24) is 14.8 Å². The van der Waals surface area contributed by atoms with Crippen LogP contribution < -0.4 is 11.1 Å². The Balaban J connectivity index is 2.34. The molecule has 2 rings (SSSR count). The van der Waals surface area contributed by atoms with Crippen LogP contribution in [-0.2, 0) is 15.4 Å². The van der Waals surface area contributed by atoms with E-state index in [1.54, 1.807) is 0 Å². The van der Waals surface area contributed by atoms with Gasteiger partial charge in [0.05, 0.1) is 17.0 Å². The quantitative estimate of drug-likeness (QED) is 0.781. The SMILES string of the molecule is CCNc1nc(N)n(C2(C)CCS(=O)(=O)C2)n1. The molecule has 8 heteroatoms. The molecule has 0 bridgehead atoms. The average Bonchev–Trinajstić information content (AvgIpc) is 2.69. The van der Waals surface area contributed by atoms with Gasteiger partial charge in [-0.25, -0.2) is 13.1 Å². The van der Waals surface area contributed by atoms with E-state index in [1.165, 1.54) is 4.68 Å². The van der Waals surface area contributed by atoms with E-state index in [1.807, 2.05) is 13.8 Å². The van der Waals surface area contributed by atoms with Crippen molar-refractivity contribution < 1.29 is 8.42 Å². The number of sulfone groups is 1. The van der Waals surface area contributed by atoms with Gasteiger partial charge >= 0.3 is 0 Å². The molecule has 1 aromatic heterocycles. The molecule has 1 aliphatic rings. The molecule has 1 unspecified atom stereocenters. The molecule has 1 atom stereocenters. The summed E-state index contributed by atoms with van der Waals surface area (Å²) in [4.78, 5) is 4.06. The number of nitrogens with zero attached hydrogens (tertiary/aromatic N) is 3. The first kappa shape index (κ1) is 12.2. The van der Waals surface area contributed by atoms with E-state index in [0.29, 0.717) is 18.9 Å². The van der Waals surface area contributed by atoms with E-state index in [9.17, 15) is 8.42 Å². The lowest BCUT2D eigenvalue weighted by Crippen LogP contribution is -2.33. The number of hydrogen-bond donors (Lipinski definition) is 2. The Hall–Kier alpha value is -1.31. The first-order chi connectivity index (χ1) is 7.86. The predicted molar refractivity (Wildman–Crippen MR) is 65.5 cm³/mol. The van der Waals surface area contributed by atoms with Gasteiger partial charge in [-0.05, 0) is 20.3 Å². The fourth-order valence-electron chi connectivity index (χ4n) is 2.11. The van der Waals surface area contributed by atoms with Crippen molar-refractivity contribution in [3.05, 3.63) is 0 Å². The summed E-state index contributed by atoms with van der Waals surface area (Å²) in [5, 5.41) is 7.18. The Morgan fingerprint density at radius 3 is 2.82 bits per heavy atom. The van der Waals surface area contributed by atoms with Crippen molar-refractivity contribution in [3.63, 3.8) is 0 Å².